The standard InChI is InChI=1S/C40H80O/c1-2-3-4-5-6-7-8-9-10-11-12-13-14-15-16-17-18-19-20-21-22-23-24-25-26-27-28-29-30-31-32-33-34-35-36-37-38-39-40-41/h39-41H,2-38H2,1H3. The maximum atomic E-state index is 8.61. The Morgan fingerprint density at radius 2 is 0.439 bits per heavy atom. The van der Waals surface area contributed by atoms with Gasteiger partial charge in [0.2, 0.25) is 0 Å². The van der Waals surface area contributed by atoms with E-state index in [1.165, 1.54) is 237 Å². The summed E-state index contributed by atoms with van der Waals surface area (Å²) in [5.41, 5.74) is 0. The van der Waals surface area contributed by atoms with E-state index >= 15 is 0 Å². The quantitative estimate of drug-likeness (QED) is 0.0576. The van der Waals surface area contributed by atoms with Gasteiger partial charge in [-0.15, -0.1) is 0 Å². The topological polar surface area (TPSA) is 20.2 Å². The van der Waals surface area contributed by atoms with Gasteiger partial charge in [-0.3, -0.25) is 0 Å². The molecule has 41 heavy (non-hydrogen) atoms. The fraction of sp³-hybridized carbons (Fsp3) is 0.950. The summed E-state index contributed by atoms with van der Waals surface area (Å²) in [5, 5.41) is 8.61. The van der Waals surface area contributed by atoms with E-state index in [1.54, 1.807) is 0 Å². The molecule has 0 aromatic carbocycles. The van der Waals surface area contributed by atoms with E-state index in [2.05, 4.69) is 6.92 Å². The summed E-state index contributed by atoms with van der Waals surface area (Å²) in [7, 11) is 0. The van der Waals surface area contributed by atoms with Crippen molar-refractivity contribution in [3.8, 4) is 0 Å². The van der Waals surface area contributed by atoms with Gasteiger partial charge in [-0.25, -0.2) is 0 Å². The molecule has 0 aromatic heterocycles. The van der Waals surface area contributed by atoms with Crippen LogP contribution in [-0.2, 0) is 0 Å². The number of rotatable bonds is 37. The third-order valence-electron chi connectivity index (χ3n) is 9.33. The molecule has 0 spiro atoms. The first-order chi connectivity index (χ1) is 20.4. The van der Waals surface area contributed by atoms with Gasteiger partial charge < -0.3 is 5.11 Å². The Balaban J connectivity index is 3.03. The molecule has 246 valence electrons. The summed E-state index contributed by atoms with van der Waals surface area (Å²) in [5.74, 6) is 0. The molecular weight excluding hydrogens is 496 g/mol. The van der Waals surface area contributed by atoms with Crippen LogP contribution in [0, 0.1) is 0 Å². The van der Waals surface area contributed by atoms with Crippen molar-refractivity contribution in [2.75, 3.05) is 0 Å². The average molecular weight is 577 g/mol. The molecule has 0 saturated carbocycles. The van der Waals surface area contributed by atoms with Crippen LogP contribution in [0.5, 0.6) is 0 Å². The highest BCUT2D eigenvalue weighted by molar-refractivity contribution is 4.70. The molecule has 0 amide bonds. The smallest absolute Gasteiger partial charge is 0.0751 e. The van der Waals surface area contributed by atoms with Crippen molar-refractivity contribution < 1.29 is 5.11 Å². The summed E-state index contributed by atoms with van der Waals surface area (Å²) in [4.78, 5) is 0. The van der Waals surface area contributed by atoms with Crippen molar-refractivity contribution in [3.63, 3.8) is 0 Å². The Bertz CT molecular complexity index is 456. The highest BCUT2D eigenvalue weighted by Crippen LogP contribution is 2.17. The molecule has 0 rings (SSSR count). The minimum absolute atomic E-state index is 1.04. The Labute approximate surface area is 261 Å². The van der Waals surface area contributed by atoms with Crippen molar-refractivity contribution in [2.24, 2.45) is 0 Å². The highest BCUT2D eigenvalue weighted by Gasteiger charge is 1.97. The first-order valence-corrected chi connectivity index (χ1v) is 19.7. The molecule has 0 aliphatic rings. The van der Waals surface area contributed by atoms with Gasteiger partial charge >= 0.3 is 0 Å². The van der Waals surface area contributed by atoms with Crippen LogP contribution in [-0.4, -0.2) is 5.11 Å². The predicted octanol–water partition coefficient (Wildman–Crippen LogP) is 15.5. The molecular formula is C40H80O. The molecule has 0 unspecified atom stereocenters. The van der Waals surface area contributed by atoms with Crippen LogP contribution in [0.15, 0.2) is 12.3 Å². The van der Waals surface area contributed by atoms with Gasteiger partial charge in [-0.05, 0) is 12.8 Å². The zero-order valence-corrected chi connectivity index (χ0v) is 28.8. The number of hydrogen-bond acceptors (Lipinski definition) is 1. The van der Waals surface area contributed by atoms with E-state index in [0.29, 0.717) is 0 Å². The minimum Gasteiger partial charge on any atom is -0.516 e. The first-order valence-electron chi connectivity index (χ1n) is 19.7. The molecule has 0 aliphatic heterocycles. The van der Waals surface area contributed by atoms with Crippen molar-refractivity contribution in [2.45, 2.75) is 244 Å². The van der Waals surface area contributed by atoms with Gasteiger partial charge in [0, 0.05) is 0 Å². The zero-order chi connectivity index (χ0) is 29.6. The number of unbranched alkanes of at least 4 members (excludes halogenated alkanes) is 36. The van der Waals surface area contributed by atoms with Crippen LogP contribution in [0.2, 0.25) is 0 Å². The lowest BCUT2D eigenvalue weighted by Crippen LogP contribution is -1.85. The van der Waals surface area contributed by atoms with Crippen molar-refractivity contribution in [3.05, 3.63) is 12.3 Å². The molecule has 0 heterocycles. The van der Waals surface area contributed by atoms with Gasteiger partial charge in [0.25, 0.3) is 0 Å². The molecule has 1 nitrogen and oxygen atoms in total. The normalized spacial score (nSPS) is 11.7. The third kappa shape index (κ3) is 39.5. The van der Waals surface area contributed by atoms with Crippen LogP contribution >= 0.6 is 0 Å². The van der Waals surface area contributed by atoms with Gasteiger partial charge in [0.1, 0.15) is 0 Å². The third-order valence-corrected chi connectivity index (χ3v) is 9.33. The average Bonchev–Trinajstić information content (AvgIpc) is 2.98. The van der Waals surface area contributed by atoms with Crippen molar-refractivity contribution in [1.82, 2.24) is 0 Å². The maximum absolute atomic E-state index is 8.61. The Hall–Kier alpha value is -0.460. The lowest BCUT2D eigenvalue weighted by Gasteiger charge is -2.05. The van der Waals surface area contributed by atoms with Crippen molar-refractivity contribution in [1.29, 1.82) is 0 Å². The van der Waals surface area contributed by atoms with E-state index in [9.17, 15) is 0 Å². The Morgan fingerprint density at radius 3 is 0.610 bits per heavy atom. The molecule has 0 radical (unpaired) electrons. The lowest BCUT2D eigenvalue weighted by molar-refractivity contribution is 0.469. The van der Waals surface area contributed by atoms with Crippen molar-refractivity contribution >= 4 is 0 Å². The summed E-state index contributed by atoms with van der Waals surface area (Å²) >= 11 is 0. The molecule has 1 N–H and O–H groups in total. The summed E-state index contributed by atoms with van der Waals surface area (Å²) < 4.78 is 0. The maximum Gasteiger partial charge on any atom is 0.0751 e. The predicted molar refractivity (Wildman–Crippen MR) is 188 cm³/mol. The zero-order valence-electron chi connectivity index (χ0n) is 28.8. The fourth-order valence-electron chi connectivity index (χ4n) is 6.42. The first kappa shape index (κ1) is 40.5. The monoisotopic (exact) mass is 577 g/mol. The van der Waals surface area contributed by atoms with Crippen LogP contribution in [0.4, 0.5) is 0 Å². The molecule has 0 bridgehead atoms. The number of hydrogen-bond donors (Lipinski definition) is 1. The molecule has 1 heteroatoms. The van der Waals surface area contributed by atoms with Gasteiger partial charge in [-0.2, -0.15) is 0 Å². The number of allylic oxidation sites excluding steroid dienone is 1. The Kier molecular flexibility index (Phi) is 39.1. The summed E-state index contributed by atoms with van der Waals surface area (Å²) in [6, 6.07) is 0. The van der Waals surface area contributed by atoms with Crippen LogP contribution in [0.25, 0.3) is 0 Å². The van der Waals surface area contributed by atoms with Gasteiger partial charge in [0.15, 0.2) is 0 Å². The van der Waals surface area contributed by atoms with E-state index in [-0.39, 0.29) is 0 Å². The SMILES string of the molecule is CCCCCCCCCCCCCCCCCCCCCCCCCCCCCCCCCCCCCCC=CO. The van der Waals surface area contributed by atoms with E-state index < -0.39 is 0 Å². The van der Waals surface area contributed by atoms with E-state index in [4.69, 9.17) is 5.11 Å². The lowest BCUT2D eigenvalue weighted by atomic mass is 10.0. The van der Waals surface area contributed by atoms with E-state index in [0.717, 1.165) is 6.42 Å². The summed E-state index contributed by atoms with van der Waals surface area (Å²) in [6.45, 7) is 2.31. The van der Waals surface area contributed by atoms with Crippen LogP contribution in [0.1, 0.15) is 244 Å². The highest BCUT2D eigenvalue weighted by atomic mass is 16.2. The fourth-order valence-corrected chi connectivity index (χ4v) is 6.42. The summed E-state index contributed by atoms with van der Waals surface area (Å²) in [6.07, 6.45) is 56.6. The van der Waals surface area contributed by atoms with E-state index in [1.807, 2.05) is 6.08 Å². The van der Waals surface area contributed by atoms with Gasteiger partial charge in [0.05, 0.1) is 6.26 Å². The minimum atomic E-state index is 1.04. The van der Waals surface area contributed by atoms with Crippen LogP contribution < -0.4 is 0 Å². The molecule has 0 fully saturated rings. The largest absolute Gasteiger partial charge is 0.516 e. The molecule has 0 aromatic rings. The second-order valence-electron chi connectivity index (χ2n) is 13.5. The van der Waals surface area contributed by atoms with Crippen LogP contribution in [0.3, 0.4) is 0 Å². The molecule has 0 atom stereocenters. The Morgan fingerprint density at radius 1 is 0.268 bits per heavy atom. The second kappa shape index (κ2) is 39.5. The molecule has 0 saturated heterocycles. The number of aliphatic hydroxyl groups excluding tert-OH is 1. The molecule has 0 aliphatic carbocycles. The number of aliphatic hydroxyl groups is 1. The van der Waals surface area contributed by atoms with Gasteiger partial charge in [-0.1, -0.05) is 238 Å². The second-order valence-corrected chi connectivity index (χ2v) is 13.5.